The Balaban J connectivity index is 2.66. The minimum atomic E-state index is 0.907. The van der Waals surface area contributed by atoms with Crippen molar-refractivity contribution in [3.05, 3.63) is 36.4 Å². The van der Waals surface area contributed by atoms with E-state index in [0.717, 1.165) is 12.2 Å². The van der Waals surface area contributed by atoms with Crippen LogP contribution in [0.2, 0.25) is 0 Å². The minimum absolute atomic E-state index is 0.907. The largest absolute Gasteiger partial charge is 0.487 e. The summed E-state index contributed by atoms with van der Waals surface area (Å²) in [6.07, 6.45) is 1.08. The van der Waals surface area contributed by atoms with Crippen LogP contribution in [-0.4, -0.2) is 0 Å². The third-order valence-corrected chi connectivity index (χ3v) is 1.59. The molecule has 0 aliphatic rings. The molecule has 1 aromatic rings. The van der Waals surface area contributed by atoms with Gasteiger partial charge in [0.2, 0.25) is 0 Å². The molecule has 0 bridgehead atoms. The molecule has 0 aromatic heterocycles. The fourth-order valence-electron chi connectivity index (χ4n) is 0.940. The summed E-state index contributed by atoms with van der Waals surface area (Å²) in [6.45, 7) is 5.69. The Hall–Kier alpha value is -0.980. The third-order valence-electron chi connectivity index (χ3n) is 1.59. The van der Waals surface area contributed by atoms with Crippen molar-refractivity contribution < 1.29 is 4.74 Å². The zero-order valence-corrected chi connectivity index (χ0v) is 7.00. The molecule has 59 valence electrons. The van der Waals surface area contributed by atoms with Crippen LogP contribution in [0.1, 0.15) is 19.4 Å². The Morgan fingerprint density at radius 3 is 2.36 bits per heavy atom. The van der Waals surface area contributed by atoms with Gasteiger partial charge in [-0.3, -0.25) is 0 Å². The van der Waals surface area contributed by atoms with Gasteiger partial charge in [0.15, 0.2) is 0 Å². The number of benzene rings is 1. The number of aryl methyl sites for hydroxylation is 1. The van der Waals surface area contributed by atoms with Gasteiger partial charge in [0.05, 0.1) is 0 Å². The quantitative estimate of drug-likeness (QED) is 0.642. The van der Waals surface area contributed by atoms with Crippen molar-refractivity contribution in [2.45, 2.75) is 20.3 Å². The smallest absolute Gasteiger partial charge is 0.132 e. The van der Waals surface area contributed by atoms with E-state index in [9.17, 15) is 0 Å². The van der Waals surface area contributed by atoms with Crippen LogP contribution >= 0.6 is 0 Å². The van der Waals surface area contributed by atoms with Crippen LogP contribution in [0.25, 0.3) is 0 Å². The molecular formula is C10H13O. The lowest BCUT2D eigenvalue weighted by Crippen LogP contribution is -1.85. The van der Waals surface area contributed by atoms with Gasteiger partial charge in [-0.25, -0.2) is 0 Å². The number of rotatable bonds is 3. The zero-order valence-electron chi connectivity index (χ0n) is 7.00. The monoisotopic (exact) mass is 149 g/mol. The van der Waals surface area contributed by atoms with Gasteiger partial charge in [-0.05, 0) is 31.0 Å². The van der Waals surface area contributed by atoms with E-state index in [1.54, 1.807) is 6.61 Å². The highest BCUT2D eigenvalue weighted by Crippen LogP contribution is 2.12. The summed E-state index contributed by atoms with van der Waals surface area (Å²) in [7, 11) is 0. The molecule has 0 saturated carbocycles. The highest BCUT2D eigenvalue weighted by Gasteiger charge is 1.91. The predicted molar refractivity (Wildman–Crippen MR) is 46.4 cm³/mol. The number of hydrogen-bond donors (Lipinski definition) is 0. The van der Waals surface area contributed by atoms with E-state index in [0.29, 0.717) is 0 Å². The second-order valence-electron chi connectivity index (χ2n) is 2.35. The maximum atomic E-state index is 5.18. The Kier molecular flexibility index (Phi) is 2.96. The number of ether oxygens (including phenoxy) is 1. The van der Waals surface area contributed by atoms with Crippen molar-refractivity contribution in [1.29, 1.82) is 0 Å². The first-order valence-electron chi connectivity index (χ1n) is 3.90. The molecule has 0 atom stereocenters. The molecule has 1 nitrogen and oxygen atoms in total. The van der Waals surface area contributed by atoms with Gasteiger partial charge in [0.25, 0.3) is 0 Å². The van der Waals surface area contributed by atoms with E-state index in [2.05, 4.69) is 19.1 Å². The van der Waals surface area contributed by atoms with E-state index >= 15 is 0 Å². The van der Waals surface area contributed by atoms with Crippen LogP contribution < -0.4 is 4.74 Å². The maximum absolute atomic E-state index is 5.18. The molecule has 0 aliphatic carbocycles. The highest BCUT2D eigenvalue weighted by molar-refractivity contribution is 5.27. The number of hydrogen-bond acceptors (Lipinski definition) is 1. The fraction of sp³-hybridized carbons (Fsp3) is 0.300. The second kappa shape index (κ2) is 4.02. The van der Waals surface area contributed by atoms with Crippen molar-refractivity contribution in [3.63, 3.8) is 0 Å². The van der Waals surface area contributed by atoms with Gasteiger partial charge >= 0.3 is 0 Å². The molecule has 0 unspecified atom stereocenters. The molecule has 0 spiro atoms. The van der Waals surface area contributed by atoms with E-state index in [1.807, 2.05) is 19.1 Å². The summed E-state index contributed by atoms with van der Waals surface area (Å²) in [5.41, 5.74) is 1.34. The van der Waals surface area contributed by atoms with Gasteiger partial charge < -0.3 is 4.74 Å². The third kappa shape index (κ3) is 2.26. The Morgan fingerprint density at radius 1 is 1.27 bits per heavy atom. The fourth-order valence-corrected chi connectivity index (χ4v) is 0.940. The first-order chi connectivity index (χ1) is 5.36. The predicted octanol–water partition coefficient (Wildman–Crippen LogP) is 2.81. The molecule has 0 amide bonds. The molecular weight excluding hydrogens is 136 g/mol. The van der Waals surface area contributed by atoms with Gasteiger partial charge in [-0.15, -0.1) is 0 Å². The normalized spacial score (nSPS) is 9.64. The van der Waals surface area contributed by atoms with Crippen molar-refractivity contribution in [2.24, 2.45) is 0 Å². The summed E-state index contributed by atoms with van der Waals surface area (Å²) < 4.78 is 5.18. The molecule has 1 heteroatoms. The molecule has 11 heavy (non-hydrogen) atoms. The molecule has 0 N–H and O–H groups in total. The highest BCUT2D eigenvalue weighted by atomic mass is 16.5. The molecule has 1 rings (SSSR count). The van der Waals surface area contributed by atoms with Crippen LogP contribution in [0.5, 0.6) is 5.75 Å². The van der Waals surface area contributed by atoms with Crippen molar-refractivity contribution in [3.8, 4) is 5.75 Å². The van der Waals surface area contributed by atoms with E-state index in [4.69, 9.17) is 4.74 Å². The van der Waals surface area contributed by atoms with Gasteiger partial charge in [-0.1, -0.05) is 19.1 Å². The molecule has 0 heterocycles. The van der Waals surface area contributed by atoms with Crippen LogP contribution in [0.3, 0.4) is 0 Å². The lowest BCUT2D eigenvalue weighted by atomic mass is 10.2. The Labute approximate surface area is 68.0 Å². The van der Waals surface area contributed by atoms with Crippen molar-refractivity contribution in [1.82, 2.24) is 0 Å². The van der Waals surface area contributed by atoms with Crippen molar-refractivity contribution >= 4 is 0 Å². The average molecular weight is 149 g/mol. The van der Waals surface area contributed by atoms with Crippen LogP contribution in [-0.2, 0) is 6.42 Å². The van der Waals surface area contributed by atoms with Gasteiger partial charge in [0, 0.05) is 0 Å². The first kappa shape index (κ1) is 8.12. The van der Waals surface area contributed by atoms with E-state index in [-0.39, 0.29) is 0 Å². The molecule has 0 saturated heterocycles. The standard InChI is InChI=1S/C10H13O/c1-3-9-5-7-10(8-6-9)11-4-2/h4-8H,3H2,1-2H3. The molecule has 0 aliphatic heterocycles. The van der Waals surface area contributed by atoms with Crippen LogP contribution in [0.4, 0.5) is 0 Å². The van der Waals surface area contributed by atoms with Gasteiger partial charge in [0.1, 0.15) is 12.4 Å². The van der Waals surface area contributed by atoms with E-state index < -0.39 is 0 Å². The maximum Gasteiger partial charge on any atom is 0.132 e. The summed E-state index contributed by atoms with van der Waals surface area (Å²) >= 11 is 0. The summed E-state index contributed by atoms with van der Waals surface area (Å²) in [6, 6.07) is 8.13. The first-order valence-corrected chi connectivity index (χ1v) is 3.90. The van der Waals surface area contributed by atoms with E-state index in [1.165, 1.54) is 5.56 Å². The average Bonchev–Trinajstić information content (AvgIpc) is 2.07. The second-order valence-corrected chi connectivity index (χ2v) is 2.35. The zero-order chi connectivity index (χ0) is 8.10. The summed E-state index contributed by atoms with van der Waals surface area (Å²) in [5.74, 6) is 0.907. The molecule has 0 fully saturated rings. The van der Waals surface area contributed by atoms with Crippen LogP contribution in [0, 0.1) is 6.61 Å². The topological polar surface area (TPSA) is 9.23 Å². The summed E-state index contributed by atoms with van der Waals surface area (Å²) in [4.78, 5) is 0. The Bertz CT molecular complexity index is 201. The van der Waals surface area contributed by atoms with Gasteiger partial charge in [-0.2, -0.15) is 0 Å². The Morgan fingerprint density at radius 2 is 1.91 bits per heavy atom. The van der Waals surface area contributed by atoms with Crippen LogP contribution in [0.15, 0.2) is 24.3 Å². The van der Waals surface area contributed by atoms with Crippen molar-refractivity contribution in [2.75, 3.05) is 0 Å². The minimum Gasteiger partial charge on any atom is -0.487 e. The lowest BCUT2D eigenvalue weighted by molar-refractivity contribution is 0.416. The SMILES string of the molecule is C[CH]Oc1ccc(CC)cc1. The molecule has 1 radical (unpaired) electrons. The molecule has 1 aromatic carbocycles. The lowest BCUT2D eigenvalue weighted by Gasteiger charge is -2.01. The summed E-state index contributed by atoms with van der Waals surface area (Å²) in [5, 5.41) is 0.